The summed E-state index contributed by atoms with van der Waals surface area (Å²) in [5.74, 6) is 3.05. The number of benzene rings is 3. The average Bonchev–Trinajstić information content (AvgIpc) is 3.22. The van der Waals surface area contributed by atoms with Crippen LogP contribution in [0.2, 0.25) is 0 Å². The van der Waals surface area contributed by atoms with Crippen LogP contribution in [-0.4, -0.2) is 30.8 Å². The number of rotatable bonds is 9. The van der Waals surface area contributed by atoms with Gasteiger partial charge in [0.1, 0.15) is 11.5 Å². The minimum Gasteiger partial charge on any atom is -0.497 e. The molecule has 3 aromatic carbocycles. The zero-order valence-corrected chi connectivity index (χ0v) is 23.4. The smallest absolute Gasteiger partial charge is 0.314 e. The first-order chi connectivity index (χ1) is 19.6. The Balaban J connectivity index is 1.36. The Hall–Kier alpha value is -4.76. The van der Waals surface area contributed by atoms with Crippen molar-refractivity contribution < 1.29 is 28.7 Å². The van der Waals surface area contributed by atoms with Gasteiger partial charge in [0.25, 0.3) is 5.91 Å². The molecule has 2 N–H and O–H groups in total. The number of hydrogen-bond donors (Lipinski definition) is 1. The van der Waals surface area contributed by atoms with Crippen LogP contribution < -0.4 is 25.2 Å². The summed E-state index contributed by atoms with van der Waals surface area (Å²) in [5.41, 5.74) is 1.73. The number of amides is 3. The lowest BCUT2D eigenvalue weighted by Gasteiger charge is -2.25. The molecule has 1 saturated heterocycles. The maximum absolute atomic E-state index is 13.3. The molecule has 1 aliphatic rings. The van der Waals surface area contributed by atoms with E-state index in [4.69, 9.17) is 15.3 Å². The van der Waals surface area contributed by atoms with E-state index in [9.17, 15) is 19.2 Å². The molecule has 9 heteroatoms. The lowest BCUT2D eigenvalue weighted by Crippen LogP contribution is -2.36. The van der Waals surface area contributed by atoms with Crippen LogP contribution in [0, 0.1) is 23.7 Å². The Bertz CT molecular complexity index is 1440. The number of anilines is 2. The van der Waals surface area contributed by atoms with Crippen LogP contribution in [0.1, 0.15) is 26.3 Å². The van der Waals surface area contributed by atoms with Crippen LogP contribution in [0.3, 0.4) is 0 Å². The second-order valence-corrected chi connectivity index (χ2v) is 10.0. The number of carbonyl (C=O) groups excluding carboxylic acids is 4. The molecule has 0 aromatic heterocycles. The zero-order valence-electron chi connectivity index (χ0n) is 23.4. The summed E-state index contributed by atoms with van der Waals surface area (Å²) in [6.07, 6.45) is 3.00. The fraction of sp³-hybridized carbons (Fsp3) is 0.250. The predicted molar refractivity (Wildman–Crippen MR) is 156 cm³/mol. The highest BCUT2D eigenvalue weighted by Gasteiger charge is 2.50. The monoisotopic (exact) mass is 555 g/mol. The first kappa shape index (κ1) is 29.2. The van der Waals surface area contributed by atoms with Gasteiger partial charge in [-0.3, -0.25) is 24.1 Å². The number of carbonyl (C=O) groups is 4. The molecule has 3 amide bonds. The largest absolute Gasteiger partial charge is 0.497 e. The van der Waals surface area contributed by atoms with Gasteiger partial charge in [0.15, 0.2) is 0 Å². The molecule has 1 aliphatic heterocycles. The normalized spacial score (nSPS) is 18.3. The van der Waals surface area contributed by atoms with Crippen LogP contribution in [0.4, 0.5) is 11.4 Å². The molecule has 4 unspecified atom stereocenters. The van der Waals surface area contributed by atoms with E-state index in [0.717, 1.165) is 10.6 Å². The van der Waals surface area contributed by atoms with E-state index in [-0.39, 0.29) is 17.6 Å². The van der Waals surface area contributed by atoms with Crippen LogP contribution >= 0.6 is 0 Å². The highest BCUT2D eigenvalue weighted by molar-refractivity contribution is 6.22. The molecule has 4 atom stereocenters. The van der Waals surface area contributed by atoms with E-state index in [2.05, 4.69) is 0 Å². The highest BCUT2D eigenvalue weighted by atomic mass is 16.5. The number of imide groups is 1. The lowest BCUT2D eigenvalue weighted by molar-refractivity contribution is -0.141. The molecular formula is C32H33N3O6. The van der Waals surface area contributed by atoms with Crippen LogP contribution in [0.15, 0.2) is 84.9 Å². The Labute approximate surface area is 239 Å². The second-order valence-electron chi connectivity index (χ2n) is 10.0. The van der Waals surface area contributed by atoms with E-state index in [1.807, 2.05) is 18.2 Å². The summed E-state index contributed by atoms with van der Waals surface area (Å²) < 4.78 is 10.7. The van der Waals surface area contributed by atoms with E-state index in [1.54, 1.807) is 82.5 Å². The molecule has 0 spiro atoms. The van der Waals surface area contributed by atoms with Crippen molar-refractivity contribution in [1.82, 2.24) is 0 Å². The fourth-order valence-electron chi connectivity index (χ4n) is 4.84. The molecule has 3 aromatic rings. The van der Waals surface area contributed by atoms with E-state index in [1.165, 1.54) is 23.1 Å². The van der Waals surface area contributed by atoms with Gasteiger partial charge < -0.3 is 9.47 Å². The topological polar surface area (TPSA) is 119 Å². The third-order valence-corrected chi connectivity index (χ3v) is 7.50. The molecule has 0 saturated carbocycles. The number of nitrogens with two attached hydrogens (primary N) is 1. The molecule has 1 heterocycles. The minimum absolute atomic E-state index is 0.264. The van der Waals surface area contributed by atoms with E-state index in [0.29, 0.717) is 17.1 Å². The fourth-order valence-corrected chi connectivity index (χ4v) is 4.84. The van der Waals surface area contributed by atoms with Crippen molar-refractivity contribution in [3.8, 4) is 11.5 Å². The van der Waals surface area contributed by atoms with Crippen molar-refractivity contribution in [2.45, 2.75) is 20.8 Å². The number of para-hydroxylation sites is 1. The molecule has 0 radical (unpaired) electrons. The number of methoxy groups -OCH3 is 1. The summed E-state index contributed by atoms with van der Waals surface area (Å²) in [6.45, 7) is 5.19. The van der Waals surface area contributed by atoms with E-state index >= 15 is 0 Å². The molecule has 9 nitrogen and oxygen atoms in total. The van der Waals surface area contributed by atoms with Gasteiger partial charge in [-0.15, -0.1) is 0 Å². The van der Waals surface area contributed by atoms with Gasteiger partial charge in [-0.1, -0.05) is 51.1 Å². The Kier molecular flexibility index (Phi) is 8.99. The summed E-state index contributed by atoms with van der Waals surface area (Å²) in [4.78, 5) is 52.9. The average molecular weight is 556 g/mol. The van der Waals surface area contributed by atoms with Gasteiger partial charge in [0.05, 0.1) is 30.3 Å². The summed E-state index contributed by atoms with van der Waals surface area (Å²) in [6, 6.07) is 22.2. The molecule has 41 heavy (non-hydrogen) atoms. The number of hydrazine groups is 1. The summed E-state index contributed by atoms with van der Waals surface area (Å²) >= 11 is 0. The molecular weight excluding hydrogens is 522 g/mol. The van der Waals surface area contributed by atoms with Gasteiger partial charge in [0, 0.05) is 12.0 Å². The minimum atomic E-state index is -0.662. The SMILES string of the molecule is COc1ccc(/C=C/C(=O)N(N)c2ccc(OC(=O)C(C)C(C)C3C(=O)N(c4ccccc4)C(=O)C3C)cc2)cc1. The maximum atomic E-state index is 13.3. The Morgan fingerprint density at radius 3 is 2.12 bits per heavy atom. The van der Waals surface area contributed by atoms with Crippen molar-refractivity contribution in [2.75, 3.05) is 17.0 Å². The van der Waals surface area contributed by atoms with Crippen molar-refractivity contribution in [3.05, 3.63) is 90.5 Å². The van der Waals surface area contributed by atoms with Gasteiger partial charge >= 0.3 is 5.97 Å². The van der Waals surface area contributed by atoms with Crippen molar-refractivity contribution in [2.24, 2.45) is 29.5 Å². The first-order valence-corrected chi connectivity index (χ1v) is 13.3. The standard InChI is InChI=1S/C32H33N3O6/c1-20(29-22(3)30(37)34(31(29)38)24-8-6-5-7-9-24)21(2)32(39)41-27-17-13-25(14-18-27)35(33)28(36)19-12-23-10-15-26(40-4)16-11-23/h5-22,29H,33H2,1-4H3/b19-12+. The van der Waals surface area contributed by atoms with Crippen LogP contribution in [-0.2, 0) is 19.2 Å². The molecule has 1 fully saturated rings. The third-order valence-electron chi connectivity index (χ3n) is 7.50. The first-order valence-electron chi connectivity index (χ1n) is 13.3. The highest BCUT2D eigenvalue weighted by Crippen LogP contribution is 2.38. The molecule has 212 valence electrons. The van der Waals surface area contributed by atoms with Gasteiger partial charge in [-0.2, -0.15) is 0 Å². The predicted octanol–water partition coefficient (Wildman–Crippen LogP) is 4.62. The van der Waals surface area contributed by atoms with Gasteiger partial charge in [0.2, 0.25) is 11.8 Å². The van der Waals surface area contributed by atoms with E-state index < -0.39 is 35.5 Å². The van der Waals surface area contributed by atoms with Crippen molar-refractivity contribution in [3.63, 3.8) is 0 Å². The zero-order chi connectivity index (χ0) is 29.7. The quantitative estimate of drug-likeness (QED) is 0.0778. The van der Waals surface area contributed by atoms with Crippen LogP contribution in [0.25, 0.3) is 6.08 Å². The second kappa shape index (κ2) is 12.6. The molecule has 0 aliphatic carbocycles. The lowest BCUT2D eigenvalue weighted by atomic mass is 9.78. The number of esters is 1. The summed E-state index contributed by atoms with van der Waals surface area (Å²) in [7, 11) is 1.58. The third kappa shape index (κ3) is 6.36. The van der Waals surface area contributed by atoms with Crippen molar-refractivity contribution >= 4 is 41.1 Å². The molecule has 4 rings (SSSR count). The number of ether oxygens (including phenoxy) is 2. The van der Waals surface area contributed by atoms with Gasteiger partial charge in [-0.25, -0.2) is 10.9 Å². The Morgan fingerprint density at radius 2 is 1.51 bits per heavy atom. The summed E-state index contributed by atoms with van der Waals surface area (Å²) in [5, 5.41) is 0.985. The molecule has 0 bridgehead atoms. The van der Waals surface area contributed by atoms with Gasteiger partial charge in [-0.05, 0) is 66.1 Å². The Morgan fingerprint density at radius 1 is 0.902 bits per heavy atom. The number of nitrogens with zero attached hydrogens (tertiary/aromatic N) is 2. The number of hydrogen-bond acceptors (Lipinski definition) is 7. The van der Waals surface area contributed by atoms with Crippen LogP contribution in [0.5, 0.6) is 11.5 Å². The maximum Gasteiger partial charge on any atom is 0.314 e. The van der Waals surface area contributed by atoms with Crippen molar-refractivity contribution in [1.29, 1.82) is 0 Å².